The Morgan fingerprint density at radius 1 is 0.864 bits per heavy atom. The zero-order valence-electron chi connectivity index (χ0n) is 12.3. The quantitative estimate of drug-likeness (QED) is 0.686. The van der Waals surface area contributed by atoms with E-state index >= 15 is 0 Å². The van der Waals surface area contributed by atoms with Crippen LogP contribution in [0.2, 0.25) is 0 Å². The molecule has 118 valence electrons. The number of sulfone groups is 1. The topological polar surface area (TPSA) is 71.4 Å². The molecule has 0 aromatic heterocycles. The fourth-order valence-electron chi connectivity index (χ4n) is 2.39. The zero-order valence-corrected chi connectivity index (χ0v) is 14.0. The molecule has 0 spiro atoms. The van der Waals surface area contributed by atoms with E-state index in [0.29, 0.717) is 11.1 Å². The van der Waals surface area contributed by atoms with Gasteiger partial charge in [-0.3, -0.25) is 0 Å². The molecule has 22 heavy (non-hydrogen) atoms. The minimum absolute atomic E-state index is 0.0156. The smallest absolute Gasteiger partial charge is 0.159 e. The van der Waals surface area contributed by atoms with Gasteiger partial charge in [0, 0.05) is 12.5 Å². The summed E-state index contributed by atoms with van der Waals surface area (Å²) in [5, 5.41) is -1.15. The fourth-order valence-corrected chi connectivity index (χ4v) is 5.74. The van der Waals surface area contributed by atoms with Gasteiger partial charge >= 0.3 is 0 Å². The number of hydrogen-bond donors (Lipinski definition) is 1. The molecule has 0 aliphatic carbocycles. The second kappa shape index (κ2) is 6.24. The Morgan fingerprint density at radius 2 is 1.32 bits per heavy atom. The Bertz CT molecular complexity index is 855. The van der Waals surface area contributed by atoms with Gasteiger partial charge in [-0.2, -0.15) is 0 Å². The van der Waals surface area contributed by atoms with Gasteiger partial charge in [0.2, 0.25) is 0 Å². The first-order valence-electron chi connectivity index (χ1n) is 6.59. The van der Waals surface area contributed by atoms with E-state index in [1.54, 1.807) is 60.7 Å². The summed E-state index contributed by atoms with van der Waals surface area (Å²) in [6, 6.07) is 17.0. The molecule has 0 aliphatic heterocycles. The van der Waals surface area contributed by atoms with Crippen molar-refractivity contribution in [1.29, 1.82) is 0 Å². The monoisotopic (exact) mass is 338 g/mol. The first kappa shape index (κ1) is 16.7. The minimum atomic E-state index is -3.62. The van der Waals surface area contributed by atoms with Crippen molar-refractivity contribution >= 4 is 24.5 Å². The Hall–Kier alpha value is -1.63. The van der Waals surface area contributed by atoms with Gasteiger partial charge in [0.15, 0.2) is 9.84 Å². The average Bonchev–Trinajstić information content (AvgIpc) is 2.44. The third-order valence-electron chi connectivity index (χ3n) is 3.23. The van der Waals surface area contributed by atoms with Crippen molar-refractivity contribution in [3.63, 3.8) is 0 Å². The first-order chi connectivity index (χ1) is 10.2. The highest BCUT2D eigenvalue weighted by Crippen LogP contribution is 2.28. The SMILES string of the molecule is CS(=O)(=O)C(C(c1ccccc1)=S(C)(=O)O)c1ccccc1. The van der Waals surface area contributed by atoms with Gasteiger partial charge in [-0.1, -0.05) is 60.7 Å². The zero-order chi connectivity index (χ0) is 16.4. The summed E-state index contributed by atoms with van der Waals surface area (Å²) in [5.41, 5.74) is 0.934. The van der Waals surface area contributed by atoms with Gasteiger partial charge in [-0.25, -0.2) is 12.6 Å². The number of hydrogen-bond acceptors (Lipinski definition) is 3. The highest BCUT2D eigenvalue weighted by molar-refractivity contribution is 8.00. The van der Waals surface area contributed by atoms with Crippen LogP contribution in [0.4, 0.5) is 0 Å². The standard InChI is InChI=1S/C16H18O4S2/c1-21(17,18)15(13-9-5-3-6-10-13)16(22(2,19)20)14-11-7-4-8-12-14/h3-12,15H,1-2H3,(H,19,20). The third-order valence-corrected chi connectivity index (χ3v) is 6.04. The molecule has 0 saturated heterocycles. The van der Waals surface area contributed by atoms with Crippen LogP contribution in [0.25, 0.3) is 0 Å². The van der Waals surface area contributed by atoms with Crippen LogP contribution < -0.4 is 0 Å². The number of benzene rings is 2. The van der Waals surface area contributed by atoms with Crippen LogP contribution in [0.1, 0.15) is 16.4 Å². The van der Waals surface area contributed by atoms with Gasteiger partial charge in [0.25, 0.3) is 0 Å². The second-order valence-electron chi connectivity index (χ2n) is 5.15. The molecule has 0 bridgehead atoms. The molecule has 2 rings (SSSR count). The minimum Gasteiger partial charge on any atom is -0.313 e. The largest absolute Gasteiger partial charge is 0.313 e. The first-order valence-corrected chi connectivity index (χ1v) is 10.5. The molecule has 2 unspecified atom stereocenters. The van der Waals surface area contributed by atoms with Crippen LogP contribution in [0.5, 0.6) is 0 Å². The second-order valence-corrected chi connectivity index (χ2v) is 9.33. The van der Waals surface area contributed by atoms with E-state index in [4.69, 9.17) is 0 Å². The van der Waals surface area contributed by atoms with Gasteiger partial charge in [0.1, 0.15) is 5.25 Å². The number of rotatable bonds is 4. The van der Waals surface area contributed by atoms with E-state index in [1.165, 1.54) is 0 Å². The Labute approximate surface area is 131 Å². The van der Waals surface area contributed by atoms with Crippen molar-refractivity contribution in [3.05, 3.63) is 71.8 Å². The van der Waals surface area contributed by atoms with E-state index in [-0.39, 0.29) is 4.86 Å². The third kappa shape index (κ3) is 3.76. The fraction of sp³-hybridized carbons (Fsp3) is 0.188. The lowest BCUT2D eigenvalue weighted by Crippen LogP contribution is -2.28. The molecule has 2 aromatic rings. The average molecular weight is 338 g/mol. The predicted molar refractivity (Wildman–Crippen MR) is 91.3 cm³/mol. The summed E-state index contributed by atoms with van der Waals surface area (Å²) >= 11 is 0. The summed E-state index contributed by atoms with van der Waals surface area (Å²) in [6.45, 7) is 0. The molecule has 6 heteroatoms. The molecule has 0 aliphatic rings. The van der Waals surface area contributed by atoms with Gasteiger partial charge < -0.3 is 4.55 Å². The Kier molecular flexibility index (Phi) is 4.75. The highest BCUT2D eigenvalue weighted by Gasteiger charge is 2.31. The van der Waals surface area contributed by atoms with Gasteiger partial charge in [-0.15, -0.1) is 0 Å². The lowest BCUT2D eigenvalue weighted by atomic mass is 10.0. The Morgan fingerprint density at radius 3 is 1.73 bits per heavy atom. The molecule has 4 nitrogen and oxygen atoms in total. The van der Waals surface area contributed by atoms with E-state index < -0.39 is 24.9 Å². The van der Waals surface area contributed by atoms with Crippen LogP contribution in [0.3, 0.4) is 0 Å². The lowest BCUT2D eigenvalue weighted by Gasteiger charge is -2.21. The van der Waals surface area contributed by atoms with E-state index in [0.717, 1.165) is 12.5 Å². The van der Waals surface area contributed by atoms with Crippen molar-refractivity contribution in [2.75, 3.05) is 12.5 Å². The molecule has 0 amide bonds. The van der Waals surface area contributed by atoms with Crippen LogP contribution in [-0.4, -0.2) is 34.6 Å². The van der Waals surface area contributed by atoms with Crippen LogP contribution in [0, 0.1) is 0 Å². The summed E-state index contributed by atoms with van der Waals surface area (Å²) in [6.07, 6.45) is 2.23. The predicted octanol–water partition coefficient (Wildman–Crippen LogP) is 2.38. The summed E-state index contributed by atoms with van der Waals surface area (Å²) in [7, 11) is -7.09. The molecule has 0 saturated carbocycles. The Balaban J connectivity index is 2.82. The van der Waals surface area contributed by atoms with Crippen LogP contribution >= 0.6 is 0 Å². The van der Waals surface area contributed by atoms with Crippen LogP contribution in [0.15, 0.2) is 60.7 Å². The summed E-state index contributed by atoms with van der Waals surface area (Å²) in [5.74, 6) is 0. The molecule has 0 fully saturated rings. The molecular weight excluding hydrogens is 320 g/mol. The molecule has 2 aromatic carbocycles. The van der Waals surface area contributed by atoms with E-state index in [2.05, 4.69) is 0 Å². The van der Waals surface area contributed by atoms with Gasteiger partial charge in [0.05, 0.1) is 14.7 Å². The molecular formula is C16H18O4S2. The molecule has 2 atom stereocenters. The molecule has 0 radical (unpaired) electrons. The maximum atomic E-state index is 12.4. The van der Waals surface area contributed by atoms with E-state index in [1.807, 2.05) is 0 Å². The van der Waals surface area contributed by atoms with Crippen molar-refractivity contribution < 1.29 is 17.2 Å². The van der Waals surface area contributed by atoms with Gasteiger partial charge in [-0.05, 0) is 11.1 Å². The highest BCUT2D eigenvalue weighted by atomic mass is 32.2. The van der Waals surface area contributed by atoms with Crippen molar-refractivity contribution in [1.82, 2.24) is 0 Å². The summed E-state index contributed by atoms with van der Waals surface area (Å²) < 4.78 is 47.2. The van der Waals surface area contributed by atoms with Crippen molar-refractivity contribution in [2.45, 2.75) is 5.25 Å². The molecule has 1 N–H and O–H groups in total. The maximum Gasteiger partial charge on any atom is 0.159 e. The molecule has 0 heterocycles. The normalized spacial score (nSPS) is 15.8. The maximum absolute atomic E-state index is 12.4. The summed E-state index contributed by atoms with van der Waals surface area (Å²) in [4.78, 5) is 0.0156. The van der Waals surface area contributed by atoms with Crippen molar-refractivity contribution in [2.24, 2.45) is 0 Å². The van der Waals surface area contributed by atoms with Crippen molar-refractivity contribution in [3.8, 4) is 0 Å². The lowest BCUT2D eigenvalue weighted by molar-refractivity contribution is 0.564. The van der Waals surface area contributed by atoms with E-state index in [9.17, 15) is 17.2 Å². The van der Waals surface area contributed by atoms with Crippen LogP contribution in [-0.2, 0) is 19.6 Å².